The fourth-order valence-corrected chi connectivity index (χ4v) is 4.39. The van der Waals surface area contributed by atoms with E-state index in [4.69, 9.17) is 9.72 Å². The number of phenolic OH excluding ortho intramolecular Hbond substituents is 1. The van der Waals surface area contributed by atoms with Gasteiger partial charge in [-0.2, -0.15) is 9.97 Å². The number of piperazine rings is 1. The van der Waals surface area contributed by atoms with Crippen molar-refractivity contribution >= 4 is 22.3 Å². The highest BCUT2D eigenvalue weighted by atomic mass is 16.5. The van der Waals surface area contributed by atoms with E-state index in [1.54, 1.807) is 13.2 Å². The van der Waals surface area contributed by atoms with Crippen LogP contribution in [0.4, 0.5) is 11.5 Å². The Labute approximate surface area is 169 Å². The number of methoxy groups -OCH3 is 1. The van der Waals surface area contributed by atoms with Crippen molar-refractivity contribution in [2.45, 2.75) is 13.0 Å². The summed E-state index contributed by atoms with van der Waals surface area (Å²) >= 11 is 0. The molecule has 2 aliphatic heterocycles. The fraction of sp³-hybridized carbons (Fsp3) is 0.364. The van der Waals surface area contributed by atoms with E-state index in [2.05, 4.69) is 26.2 Å². The molecule has 0 radical (unpaired) electrons. The first-order chi connectivity index (χ1) is 14.2. The molecule has 0 amide bonds. The third-order valence-electron chi connectivity index (χ3n) is 5.82. The molecule has 0 spiro atoms. The molecule has 150 valence electrons. The average molecular weight is 391 g/mol. The zero-order valence-electron chi connectivity index (χ0n) is 16.6. The van der Waals surface area contributed by atoms with Crippen LogP contribution in [0.2, 0.25) is 0 Å². The zero-order valence-corrected chi connectivity index (χ0v) is 16.6. The van der Waals surface area contributed by atoms with Crippen molar-refractivity contribution in [3.8, 4) is 11.8 Å². The number of hydrogen-bond acceptors (Lipinski definition) is 7. The molecule has 1 saturated heterocycles. The summed E-state index contributed by atoms with van der Waals surface area (Å²) in [5.41, 5.74) is 3.25. The minimum atomic E-state index is 0.311. The second-order valence-corrected chi connectivity index (χ2v) is 7.52. The van der Waals surface area contributed by atoms with Gasteiger partial charge in [-0.3, -0.25) is 0 Å². The van der Waals surface area contributed by atoms with E-state index in [9.17, 15) is 5.11 Å². The van der Waals surface area contributed by atoms with E-state index >= 15 is 0 Å². The van der Waals surface area contributed by atoms with Crippen LogP contribution in [-0.2, 0) is 13.0 Å². The molecule has 5 rings (SSSR count). The van der Waals surface area contributed by atoms with Gasteiger partial charge in [-0.25, -0.2) is 0 Å². The summed E-state index contributed by atoms with van der Waals surface area (Å²) in [5, 5.41) is 15.8. The van der Waals surface area contributed by atoms with Gasteiger partial charge in [0.2, 0.25) is 0 Å². The van der Waals surface area contributed by atoms with Crippen LogP contribution in [0.1, 0.15) is 11.3 Å². The van der Waals surface area contributed by atoms with Crippen LogP contribution in [0.15, 0.2) is 36.4 Å². The quantitative estimate of drug-likeness (QED) is 0.710. The lowest BCUT2D eigenvalue weighted by molar-refractivity contribution is 0.376. The molecule has 2 aromatic carbocycles. The van der Waals surface area contributed by atoms with Crippen molar-refractivity contribution < 1.29 is 9.84 Å². The minimum absolute atomic E-state index is 0.311. The van der Waals surface area contributed by atoms with Crippen LogP contribution in [0.3, 0.4) is 0 Å². The van der Waals surface area contributed by atoms with E-state index in [0.29, 0.717) is 18.3 Å². The zero-order chi connectivity index (χ0) is 19.8. The molecule has 3 heterocycles. The van der Waals surface area contributed by atoms with Gasteiger partial charge >= 0.3 is 6.01 Å². The Morgan fingerprint density at radius 1 is 1.00 bits per heavy atom. The first-order valence-electron chi connectivity index (χ1n) is 10.1. The maximum atomic E-state index is 10.5. The van der Waals surface area contributed by atoms with Gasteiger partial charge in [0, 0.05) is 49.4 Å². The van der Waals surface area contributed by atoms with Gasteiger partial charge in [-0.1, -0.05) is 24.3 Å². The summed E-state index contributed by atoms with van der Waals surface area (Å²) in [6.45, 7) is 5.32. The number of aromatic nitrogens is 2. The van der Waals surface area contributed by atoms with Crippen LogP contribution in [-0.4, -0.2) is 54.9 Å². The fourth-order valence-electron chi connectivity index (χ4n) is 4.39. The van der Waals surface area contributed by atoms with Gasteiger partial charge in [0.05, 0.1) is 19.3 Å². The van der Waals surface area contributed by atoms with Crippen molar-refractivity contribution in [3.05, 3.63) is 47.7 Å². The Hall–Kier alpha value is -3.06. The molecule has 0 bridgehead atoms. The Bertz CT molecular complexity index is 1040. The molecular weight excluding hydrogens is 366 g/mol. The second kappa shape index (κ2) is 7.40. The van der Waals surface area contributed by atoms with Crippen molar-refractivity contribution in [2.75, 3.05) is 49.6 Å². The van der Waals surface area contributed by atoms with E-state index in [1.807, 2.05) is 24.3 Å². The minimum Gasteiger partial charge on any atom is -0.507 e. The molecule has 2 N–H and O–H groups in total. The summed E-state index contributed by atoms with van der Waals surface area (Å²) in [6.07, 6.45) is 0.864. The maximum absolute atomic E-state index is 10.5. The molecule has 1 fully saturated rings. The van der Waals surface area contributed by atoms with Gasteiger partial charge < -0.3 is 25.0 Å². The van der Waals surface area contributed by atoms with Crippen molar-refractivity contribution in [2.24, 2.45) is 0 Å². The molecular formula is C22H25N5O2. The number of phenols is 1. The predicted octanol–water partition coefficient (Wildman–Crippen LogP) is 2.32. The Morgan fingerprint density at radius 2 is 1.79 bits per heavy atom. The lowest BCUT2D eigenvalue weighted by atomic mass is 10.0. The molecule has 7 nitrogen and oxygen atoms in total. The highest BCUT2D eigenvalue weighted by Gasteiger charge is 2.27. The third-order valence-corrected chi connectivity index (χ3v) is 5.82. The maximum Gasteiger partial charge on any atom is 0.318 e. The standard InChI is InChI=1S/C22H25N5O2/c1-29-22-24-17-14-27(18-6-2-4-15-5-3-7-19(28)20(15)18)11-8-16(17)21(25-22)26-12-9-23-10-13-26/h2-7,23,28H,8-14H2,1H3. The number of anilines is 2. The van der Waals surface area contributed by atoms with E-state index in [1.165, 1.54) is 5.56 Å². The Morgan fingerprint density at radius 3 is 2.59 bits per heavy atom. The summed E-state index contributed by atoms with van der Waals surface area (Å²) in [5.74, 6) is 1.32. The first-order valence-corrected chi connectivity index (χ1v) is 10.1. The molecule has 3 aromatic rings. The topological polar surface area (TPSA) is 73.8 Å². The second-order valence-electron chi connectivity index (χ2n) is 7.52. The van der Waals surface area contributed by atoms with Crippen molar-refractivity contribution in [1.29, 1.82) is 0 Å². The SMILES string of the molecule is COc1nc2c(c(N3CCNCC3)n1)CCN(c1cccc3cccc(O)c13)C2. The lowest BCUT2D eigenvalue weighted by Crippen LogP contribution is -2.45. The van der Waals surface area contributed by atoms with E-state index in [-0.39, 0.29) is 0 Å². The number of fused-ring (bicyclic) bond motifs is 2. The van der Waals surface area contributed by atoms with Crippen molar-refractivity contribution in [1.82, 2.24) is 15.3 Å². The average Bonchev–Trinajstić information content (AvgIpc) is 2.78. The number of hydrogen-bond donors (Lipinski definition) is 2. The molecule has 1 aromatic heterocycles. The normalized spacial score (nSPS) is 16.7. The Kier molecular flexibility index (Phi) is 4.60. The van der Waals surface area contributed by atoms with Gasteiger partial charge in [-0.05, 0) is 23.9 Å². The number of aromatic hydroxyl groups is 1. The summed E-state index contributed by atoms with van der Waals surface area (Å²) in [6, 6.07) is 12.2. The molecule has 0 saturated carbocycles. The molecule has 2 aliphatic rings. The van der Waals surface area contributed by atoms with Crippen LogP contribution >= 0.6 is 0 Å². The third kappa shape index (κ3) is 3.21. The summed E-state index contributed by atoms with van der Waals surface area (Å²) < 4.78 is 5.42. The van der Waals surface area contributed by atoms with E-state index in [0.717, 1.165) is 67.1 Å². The number of benzene rings is 2. The lowest BCUT2D eigenvalue weighted by Gasteiger charge is -2.35. The number of nitrogens with zero attached hydrogens (tertiary/aromatic N) is 4. The Balaban J connectivity index is 1.55. The van der Waals surface area contributed by atoms with E-state index < -0.39 is 0 Å². The molecule has 7 heteroatoms. The van der Waals surface area contributed by atoms with Crippen LogP contribution < -0.4 is 19.9 Å². The van der Waals surface area contributed by atoms with Gasteiger partial charge in [0.1, 0.15) is 11.6 Å². The van der Waals surface area contributed by atoms with Gasteiger partial charge in [-0.15, -0.1) is 0 Å². The summed E-state index contributed by atoms with van der Waals surface area (Å²) in [7, 11) is 1.62. The molecule has 0 atom stereocenters. The first kappa shape index (κ1) is 18.0. The van der Waals surface area contributed by atoms with Gasteiger partial charge in [0.25, 0.3) is 0 Å². The largest absolute Gasteiger partial charge is 0.507 e. The molecule has 29 heavy (non-hydrogen) atoms. The highest BCUT2D eigenvalue weighted by Crippen LogP contribution is 2.37. The monoisotopic (exact) mass is 391 g/mol. The number of ether oxygens (including phenoxy) is 1. The van der Waals surface area contributed by atoms with Crippen LogP contribution in [0, 0.1) is 0 Å². The van der Waals surface area contributed by atoms with Crippen LogP contribution in [0.25, 0.3) is 10.8 Å². The molecule has 0 aliphatic carbocycles. The van der Waals surface area contributed by atoms with Crippen LogP contribution in [0.5, 0.6) is 11.8 Å². The van der Waals surface area contributed by atoms with Crippen molar-refractivity contribution in [3.63, 3.8) is 0 Å². The number of rotatable bonds is 3. The smallest absolute Gasteiger partial charge is 0.318 e. The predicted molar refractivity (Wildman–Crippen MR) is 114 cm³/mol. The number of nitrogens with one attached hydrogen (secondary N) is 1. The summed E-state index contributed by atoms with van der Waals surface area (Å²) in [4.78, 5) is 14.0. The van der Waals surface area contributed by atoms with Gasteiger partial charge in [0.15, 0.2) is 0 Å². The highest BCUT2D eigenvalue weighted by molar-refractivity contribution is 5.99. The molecule has 0 unspecified atom stereocenters.